The monoisotopic (exact) mass is 265 g/mol. The van der Waals surface area contributed by atoms with Crippen LogP contribution in [0, 0.1) is 6.92 Å². The molecule has 0 aliphatic rings. The highest BCUT2D eigenvalue weighted by Gasteiger charge is 2.07. The van der Waals surface area contributed by atoms with Crippen LogP contribution < -0.4 is 10.1 Å². The lowest BCUT2D eigenvalue weighted by molar-refractivity contribution is 0.110. The molecule has 1 aromatic rings. The highest BCUT2D eigenvalue weighted by molar-refractivity contribution is 5.37. The molecule has 1 aromatic carbocycles. The summed E-state index contributed by atoms with van der Waals surface area (Å²) in [6, 6.07) is 6.77. The first-order valence-corrected chi connectivity index (χ1v) is 7.23. The number of hydrogen-bond donors (Lipinski definition) is 1. The molecule has 0 heterocycles. The highest BCUT2D eigenvalue weighted by atomic mass is 16.5. The van der Waals surface area contributed by atoms with Gasteiger partial charge in [0.2, 0.25) is 0 Å². The first kappa shape index (κ1) is 16.0. The van der Waals surface area contributed by atoms with Crippen molar-refractivity contribution in [3.8, 4) is 5.75 Å². The van der Waals surface area contributed by atoms with E-state index in [1.165, 1.54) is 11.1 Å². The van der Waals surface area contributed by atoms with Crippen molar-refractivity contribution in [2.45, 2.75) is 40.2 Å². The first-order valence-electron chi connectivity index (χ1n) is 7.23. The van der Waals surface area contributed by atoms with Crippen LogP contribution >= 0.6 is 0 Å². The predicted octanol–water partition coefficient (Wildman–Crippen LogP) is 3.47. The summed E-state index contributed by atoms with van der Waals surface area (Å²) in [7, 11) is 0. The Hall–Kier alpha value is -1.06. The van der Waals surface area contributed by atoms with Crippen LogP contribution in [0.25, 0.3) is 0 Å². The van der Waals surface area contributed by atoms with Crippen molar-refractivity contribution in [1.82, 2.24) is 5.32 Å². The second-order valence-electron chi connectivity index (χ2n) is 4.75. The smallest absolute Gasteiger partial charge is 0.122 e. The van der Waals surface area contributed by atoms with Crippen LogP contribution in [0.3, 0.4) is 0 Å². The number of nitrogens with one attached hydrogen (secondary N) is 1. The Bertz CT molecular complexity index is 366. The molecule has 1 atom stereocenters. The van der Waals surface area contributed by atoms with E-state index in [0.717, 1.165) is 25.3 Å². The van der Waals surface area contributed by atoms with Crippen LogP contribution in [0.15, 0.2) is 18.2 Å². The zero-order valence-electron chi connectivity index (χ0n) is 12.7. The maximum Gasteiger partial charge on any atom is 0.122 e. The Labute approximate surface area is 117 Å². The zero-order valence-corrected chi connectivity index (χ0v) is 12.7. The Morgan fingerprint density at radius 3 is 2.63 bits per heavy atom. The second kappa shape index (κ2) is 8.94. The third-order valence-electron chi connectivity index (χ3n) is 3.09. The van der Waals surface area contributed by atoms with Crippen LogP contribution in [-0.4, -0.2) is 26.4 Å². The van der Waals surface area contributed by atoms with E-state index in [9.17, 15) is 0 Å². The van der Waals surface area contributed by atoms with Crippen molar-refractivity contribution >= 4 is 0 Å². The van der Waals surface area contributed by atoms with Crippen LogP contribution in [0.1, 0.15) is 44.4 Å². The maximum absolute atomic E-state index is 5.71. The number of aryl methyl sites for hydroxylation is 1. The minimum absolute atomic E-state index is 0.385. The molecule has 0 saturated heterocycles. The van der Waals surface area contributed by atoms with Gasteiger partial charge in [0.15, 0.2) is 0 Å². The molecule has 0 amide bonds. The van der Waals surface area contributed by atoms with Gasteiger partial charge in [0.1, 0.15) is 12.4 Å². The summed E-state index contributed by atoms with van der Waals surface area (Å²) in [5.74, 6) is 0.950. The molecular formula is C16H27NO2. The van der Waals surface area contributed by atoms with Gasteiger partial charge in [0, 0.05) is 12.6 Å². The van der Waals surface area contributed by atoms with Gasteiger partial charge in [-0.2, -0.15) is 0 Å². The molecule has 3 nitrogen and oxygen atoms in total. The van der Waals surface area contributed by atoms with Gasteiger partial charge in [0.25, 0.3) is 0 Å². The lowest BCUT2D eigenvalue weighted by Crippen LogP contribution is -2.19. The van der Waals surface area contributed by atoms with Gasteiger partial charge in [-0.05, 0) is 50.9 Å². The molecule has 0 spiro atoms. The summed E-state index contributed by atoms with van der Waals surface area (Å²) in [4.78, 5) is 0. The fraction of sp³-hybridized carbons (Fsp3) is 0.625. The molecular weight excluding hydrogens is 238 g/mol. The predicted molar refractivity (Wildman–Crippen MR) is 79.9 cm³/mol. The lowest BCUT2D eigenvalue weighted by Gasteiger charge is -2.16. The van der Waals surface area contributed by atoms with E-state index in [0.29, 0.717) is 19.3 Å². The molecule has 1 N–H and O–H groups in total. The van der Waals surface area contributed by atoms with E-state index in [1.54, 1.807) is 0 Å². The zero-order chi connectivity index (χ0) is 14.1. The largest absolute Gasteiger partial charge is 0.491 e. The van der Waals surface area contributed by atoms with Crippen LogP contribution in [0.2, 0.25) is 0 Å². The fourth-order valence-electron chi connectivity index (χ4n) is 1.94. The minimum Gasteiger partial charge on any atom is -0.491 e. The summed E-state index contributed by atoms with van der Waals surface area (Å²) in [6.07, 6.45) is 1.15. The number of rotatable bonds is 9. The maximum atomic E-state index is 5.71. The van der Waals surface area contributed by atoms with E-state index in [2.05, 4.69) is 44.3 Å². The molecule has 1 rings (SSSR count). The van der Waals surface area contributed by atoms with Crippen molar-refractivity contribution in [1.29, 1.82) is 0 Å². The topological polar surface area (TPSA) is 30.5 Å². The van der Waals surface area contributed by atoms with Crippen molar-refractivity contribution in [3.63, 3.8) is 0 Å². The van der Waals surface area contributed by atoms with E-state index < -0.39 is 0 Å². The van der Waals surface area contributed by atoms with Crippen LogP contribution in [0.5, 0.6) is 5.75 Å². The van der Waals surface area contributed by atoms with Gasteiger partial charge in [-0.1, -0.05) is 19.1 Å². The summed E-state index contributed by atoms with van der Waals surface area (Å²) in [6.45, 7) is 11.5. The van der Waals surface area contributed by atoms with Gasteiger partial charge >= 0.3 is 0 Å². The van der Waals surface area contributed by atoms with E-state index in [1.807, 2.05) is 6.92 Å². The van der Waals surface area contributed by atoms with Crippen molar-refractivity contribution in [2.75, 3.05) is 26.4 Å². The van der Waals surface area contributed by atoms with Crippen molar-refractivity contribution in [2.24, 2.45) is 0 Å². The van der Waals surface area contributed by atoms with Gasteiger partial charge in [-0.3, -0.25) is 0 Å². The van der Waals surface area contributed by atoms with Crippen molar-refractivity contribution < 1.29 is 9.47 Å². The van der Waals surface area contributed by atoms with Crippen molar-refractivity contribution in [3.05, 3.63) is 29.3 Å². The molecule has 0 radical (unpaired) electrons. The average molecular weight is 265 g/mol. The number of ether oxygens (including phenoxy) is 2. The van der Waals surface area contributed by atoms with Gasteiger partial charge in [0.05, 0.1) is 6.61 Å². The normalized spacial score (nSPS) is 12.4. The molecule has 19 heavy (non-hydrogen) atoms. The third-order valence-corrected chi connectivity index (χ3v) is 3.09. The molecule has 108 valence electrons. The Balaban J connectivity index is 2.53. The van der Waals surface area contributed by atoms with E-state index >= 15 is 0 Å². The molecule has 0 bridgehead atoms. The second-order valence-corrected chi connectivity index (χ2v) is 4.75. The van der Waals surface area contributed by atoms with E-state index in [4.69, 9.17) is 9.47 Å². The van der Waals surface area contributed by atoms with Gasteiger partial charge in [-0.15, -0.1) is 0 Å². The standard InChI is InChI=1S/C16H27NO2/c1-5-9-17-14(4)15-7-8-16(13(3)12-15)19-11-10-18-6-2/h7-8,12,14,17H,5-6,9-11H2,1-4H3. The summed E-state index contributed by atoms with van der Waals surface area (Å²) >= 11 is 0. The Morgan fingerprint density at radius 1 is 1.21 bits per heavy atom. The SMILES string of the molecule is CCCNC(C)c1ccc(OCCOCC)c(C)c1. The first-order chi connectivity index (χ1) is 9.19. The molecule has 0 aliphatic heterocycles. The van der Waals surface area contributed by atoms with Crippen LogP contribution in [0.4, 0.5) is 0 Å². The molecule has 0 aromatic heterocycles. The molecule has 0 fully saturated rings. The van der Waals surface area contributed by atoms with Gasteiger partial charge < -0.3 is 14.8 Å². The molecule has 3 heteroatoms. The summed E-state index contributed by atoms with van der Waals surface area (Å²) in [5, 5.41) is 3.49. The molecule has 1 unspecified atom stereocenters. The fourth-order valence-corrected chi connectivity index (χ4v) is 1.94. The van der Waals surface area contributed by atoms with E-state index in [-0.39, 0.29) is 0 Å². The third kappa shape index (κ3) is 5.62. The Kier molecular flexibility index (Phi) is 7.53. The average Bonchev–Trinajstić information content (AvgIpc) is 2.42. The summed E-state index contributed by atoms with van der Waals surface area (Å²) in [5.41, 5.74) is 2.49. The molecule has 0 saturated carbocycles. The quantitative estimate of drug-likeness (QED) is 0.693. The molecule has 0 aliphatic carbocycles. The van der Waals surface area contributed by atoms with Gasteiger partial charge in [-0.25, -0.2) is 0 Å². The minimum atomic E-state index is 0.385. The highest BCUT2D eigenvalue weighted by Crippen LogP contribution is 2.22. The number of benzene rings is 1. The lowest BCUT2D eigenvalue weighted by atomic mass is 10.0. The summed E-state index contributed by atoms with van der Waals surface area (Å²) < 4.78 is 11.0. The van der Waals surface area contributed by atoms with Crippen LogP contribution in [-0.2, 0) is 4.74 Å². The number of hydrogen-bond acceptors (Lipinski definition) is 3. The Morgan fingerprint density at radius 2 is 2.00 bits per heavy atom.